The van der Waals surface area contributed by atoms with Crippen LogP contribution < -0.4 is 20.2 Å². The van der Waals surface area contributed by atoms with Gasteiger partial charge in [-0.25, -0.2) is 10.2 Å². The number of hydrogen-bond acceptors (Lipinski definition) is 6. The number of nitrogens with zero attached hydrogens (tertiary/aromatic N) is 1. The summed E-state index contributed by atoms with van der Waals surface area (Å²) in [6.07, 6.45) is 1.50. The lowest BCUT2D eigenvalue weighted by molar-refractivity contribution is -0.119. The summed E-state index contributed by atoms with van der Waals surface area (Å²) in [7, 11) is 0. The predicted molar refractivity (Wildman–Crippen MR) is 142 cm³/mol. The molecule has 0 spiro atoms. The van der Waals surface area contributed by atoms with E-state index in [9.17, 15) is 9.59 Å². The summed E-state index contributed by atoms with van der Waals surface area (Å²) in [5.74, 6) is -0.0371. The molecule has 4 rings (SSSR count). The summed E-state index contributed by atoms with van der Waals surface area (Å²) in [6, 6.07) is 26.1. The van der Waals surface area contributed by atoms with Crippen LogP contribution in [0.3, 0.4) is 0 Å². The Morgan fingerprint density at radius 3 is 2.50 bits per heavy atom. The Labute approximate surface area is 209 Å². The van der Waals surface area contributed by atoms with Gasteiger partial charge in [-0.05, 0) is 61.2 Å². The number of ether oxygens (including phenoxy) is 2. The molecule has 0 bridgehead atoms. The highest BCUT2D eigenvalue weighted by molar-refractivity contribution is 5.95. The van der Waals surface area contributed by atoms with Crippen molar-refractivity contribution >= 4 is 34.6 Å². The Morgan fingerprint density at radius 2 is 1.69 bits per heavy atom. The second kappa shape index (κ2) is 11.7. The minimum atomic E-state index is -0.469. The van der Waals surface area contributed by atoms with Gasteiger partial charge in [0.25, 0.3) is 5.91 Å². The van der Waals surface area contributed by atoms with Crippen LogP contribution in [0.5, 0.6) is 11.5 Å². The third-order valence-electron chi connectivity index (χ3n) is 5.39. The number of rotatable bonds is 9. The van der Waals surface area contributed by atoms with Gasteiger partial charge in [0, 0.05) is 11.1 Å². The summed E-state index contributed by atoms with van der Waals surface area (Å²) >= 11 is 0. The van der Waals surface area contributed by atoms with Gasteiger partial charge in [-0.15, -0.1) is 0 Å². The van der Waals surface area contributed by atoms with Crippen LogP contribution in [0.1, 0.15) is 28.4 Å². The first-order chi connectivity index (χ1) is 17.5. The Morgan fingerprint density at radius 1 is 0.917 bits per heavy atom. The third-order valence-corrected chi connectivity index (χ3v) is 5.39. The number of esters is 1. The van der Waals surface area contributed by atoms with E-state index in [0.717, 1.165) is 22.0 Å². The second-order valence-electron chi connectivity index (χ2n) is 8.07. The van der Waals surface area contributed by atoms with Crippen molar-refractivity contribution in [2.45, 2.75) is 13.8 Å². The molecule has 36 heavy (non-hydrogen) atoms. The largest absolute Gasteiger partial charge is 0.490 e. The molecule has 0 aliphatic rings. The number of nitrogens with one attached hydrogen (secondary N) is 2. The average Bonchev–Trinajstić information content (AvgIpc) is 2.89. The first-order valence-electron chi connectivity index (χ1n) is 11.6. The second-order valence-corrected chi connectivity index (χ2v) is 8.07. The van der Waals surface area contributed by atoms with Crippen LogP contribution >= 0.6 is 0 Å². The van der Waals surface area contributed by atoms with Crippen LogP contribution in [0, 0.1) is 6.92 Å². The predicted octanol–water partition coefficient (Wildman–Crippen LogP) is 5.33. The van der Waals surface area contributed by atoms with Gasteiger partial charge in [0.05, 0.1) is 24.9 Å². The van der Waals surface area contributed by atoms with Gasteiger partial charge in [-0.2, -0.15) is 5.10 Å². The molecule has 182 valence electrons. The highest BCUT2D eigenvalue weighted by Crippen LogP contribution is 2.29. The Balaban J connectivity index is 1.36. The third kappa shape index (κ3) is 6.27. The first kappa shape index (κ1) is 24.5. The smallest absolute Gasteiger partial charge is 0.343 e. The topological polar surface area (TPSA) is 89.0 Å². The summed E-state index contributed by atoms with van der Waals surface area (Å²) in [4.78, 5) is 24.8. The van der Waals surface area contributed by atoms with E-state index in [1.165, 1.54) is 6.21 Å². The van der Waals surface area contributed by atoms with E-state index in [2.05, 4.69) is 15.8 Å². The average molecular weight is 482 g/mol. The van der Waals surface area contributed by atoms with Gasteiger partial charge in [0.2, 0.25) is 0 Å². The minimum absolute atomic E-state index is 0.0729. The zero-order valence-corrected chi connectivity index (χ0v) is 20.2. The van der Waals surface area contributed by atoms with Crippen molar-refractivity contribution in [3.8, 4) is 11.5 Å². The number of fused-ring (bicyclic) bond motifs is 1. The fourth-order valence-electron chi connectivity index (χ4n) is 3.58. The van der Waals surface area contributed by atoms with Gasteiger partial charge >= 0.3 is 5.97 Å². The van der Waals surface area contributed by atoms with Crippen molar-refractivity contribution in [3.63, 3.8) is 0 Å². The van der Waals surface area contributed by atoms with Gasteiger partial charge in [0.1, 0.15) is 0 Å². The van der Waals surface area contributed by atoms with Crippen molar-refractivity contribution in [1.82, 2.24) is 5.43 Å². The molecule has 0 heterocycles. The zero-order chi connectivity index (χ0) is 25.3. The molecule has 0 unspecified atom stereocenters. The molecule has 7 heteroatoms. The van der Waals surface area contributed by atoms with Crippen molar-refractivity contribution in [3.05, 3.63) is 102 Å². The van der Waals surface area contributed by atoms with Crippen LogP contribution in [-0.2, 0) is 4.79 Å². The van der Waals surface area contributed by atoms with E-state index in [1.54, 1.807) is 30.3 Å². The molecule has 0 aliphatic heterocycles. The molecular weight excluding hydrogens is 454 g/mol. The molecule has 0 aromatic heterocycles. The van der Waals surface area contributed by atoms with Crippen molar-refractivity contribution in [2.75, 3.05) is 18.5 Å². The van der Waals surface area contributed by atoms with E-state index in [4.69, 9.17) is 9.47 Å². The number of benzene rings is 4. The SMILES string of the molecule is CCOc1cc(/C=N\NC(=O)CNc2cccc3ccccc23)ccc1OC(=O)c1ccc(C)cc1. The number of anilines is 1. The van der Waals surface area contributed by atoms with E-state index in [1.807, 2.05) is 68.4 Å². The summed E-state index contributed by atoms with van der Waals surface area (Å²) in [5.41, 5.74) is 5.58. The minimum Gasteiger partial charge on any atom is -0.490 e. The van der Waals surface area contributed by atoms with Gasteiger partial charge < -0.3 is 14.8 Å². The summed E-state index contributed by atoms with van der Waals surface area (Å²) < 4.78 is 11.2. The molecule has 0 aliphatic carbocycles. The molecule has 0 radical (unpaired) electrons. The monoisotopic (exact) mass is 481 g/mol. The number of carbonyl (C=O) groups is 2. The molecule has 4 aromatic rings. The fraction of sp³-hybridized carbons (Fsp3) is 0.138. The van der Waals surface area contributed by atoms with Crippen molar-refractivity contribution in [2.24, 2.45) is 5.10 Å². The van der Waals surface area contributed by atoms with Crippen LogP contribution in [0.4, 0.5) is 5.69 Å². The maximum atomic E-state index is 12.5. The highest BCUT2D eigenvalue weighted by Gasteiger charge is 2.13. The maximum absolute atomic E-state index is 12.5. The molecule has 4 aromatic carbocycles. The lowest BCUT2D eigenvalue weighted by Gasteiger charge is -2.11. The van der Waals surface area contributed by atoms with Crippen LogP contribution in [0.25, 0.3) is 10.8 Å². The Hall–Kier alpha value is -4.65. The molecule has 7 nitrogen and oxygen atoms in total. The first-order valence-corrected chi connectivity index (χ1v) is 11.6. The Kier molecular flexibility index (Phi) is 7.93. The fourth-order valence-corrected chi connectivity index (χ4v) is 3.58. The van der Waals surface area contributed by atoms with Crippen LogP contribution in [0.2, 0.25) is 0 Å². The van der Waals surface area contributed by atoms with E-state index < -0.39 is 5.97 Å². The molecular formula is C29H27N3O4. The number of aryl methyl sites for hydroxylation is 1. The van der Waals surface area contributed by atoms with E-state index >= 15 is 0 Å². The summed E-state index contributed by atoms with van der Waals surface area (Å²) in [6.45, 7) is 4.26. The van der Waals surface area contributed by atoms with E-state index in [0.29, 0.717) is 29.2 Å². The molecule has 2 N–H and O–H groups in total. The molecule has 0 saturated heterocycles. The van der Waals surface area contributed by atoms with Gasteiger partial charge in [-0.1, -0.05) is 54.1 Å². The number of amides is 1. The molecule has 0 atom stereocenters. The lowest BCUT2D eigenvalue weighted by Crippen LogP contribution is -2.25. The summed E-state index contributed by atoms with van der Waals surface area (Å²) in [5, 5.41) is 9.33. The van der Waals surface area contributed by atoms with Gasteiger partial charge in [0.15, 0.2) is 11.5 Å². The normalized spacial score (nSPS) is 10.8. The standard InChI is InChI=1S/C29H27N3O4/c1-3-35-27-17-21(13-16-26(27)36-29(34)23-14-11-20(2)12-15-23)18-31-32-28(33)19-30-25-10-6-8-22-7-4-5-9-24(22)25/h4-18,30H,3,19H2,1-2H3,(H,32,33)/b31-18-. The van der Waals surface area contributed by atoms with Crippen LogP contribution in [0.15, 0.2) is 90.0 Å². The maximum Gasteiger partial charge on any atom is 0.343 e. The quantitative estimate of drug-likeness (QED) is 0.146. The molecule has 0 fully saturated rings. The Bertz CT molecular complexity index is 1390. The number of hydrazone groups is 1. The zero-order valence-electron chi connectivity index (χ0n) is 20.2. The lowest BCUT2D eigenvalue weighted by atomic mass is 10.1. The molecule has 0 saturated carbocycles. The van der Waals surface area contributed by atoms with E-state index in [-0.39, 0.29) is 12.5 Å². The number of carbonyl (C=O) groups excluding carboxylic acids is 2. The van der Waals surface area contributed by atoms with Crippen molar-refractivity contribution in [1.29, 1.82) is 0 Å². The molecule has 1 amide bonds. The van der Waals surface area contributed by atoms with Gasteiger partial charge in [-0.3, -0.25) is 4.79 Å². The van der Waals surface area contributed by atoms with Crippen LogP contribution in [-0.4, -0.2) is 31.2 Å². The van der Waals surface area contributed by atoms with Crippen molar-refractivity contribution < 1.29 is 19.1 Å². The highest BCUT2D eigenvalue weighted by atomic mass is 16.6. The number of hydrogen-bond donors (Lipinski definition) is 2.